The molecule has 0 saturated heterocycles. The van der Waals surface area contributed by atoms with Crippen LogP contribution in [0.5, 0.6) is 0 Å². The van der Waals surface area contributed by atoms with Crippen LogP contribution in [0.15, 0.2) is 29.2 Å². The van der Waals surface area contributed by atoms with Gasteiger partial charge in [0.05, 0.1) is 4.90 Å². The number of sulfonamides is 1. The average Bonchev–Trinajstić information content (AvgIpc) is 3.22. The third-order valence-electron chi connectivity index (χ3n) is 3.47. The van der Waals surface area contributed by atoms with Crippen molar-refractivity contribution < 1.29 is 8.42 Å². The molecule has 5 nitrogen and oxygen atoms in total. The summed E-state index contributed by atoms with van der Waals surface area (Å²) in [5.41, 5.74) is 6.61. The number of nitrogens with two attached hydrogens (primary N) is 1. The lowest BCUT2D eigenvalue weighted by atomic mass is 10.1. The number of benzene rings is 1. The van der Waals surface area contributed by atoms with Crippen LogP contribution >= 0.6 is 0 Å². The summed E-state index contributed by atoms with van der Waals surface area (Å²) in [5, 5.41) is 0. The van der Waals surface area contributed by atoms with E-state index in [-0.39, 0.29) is 6.04 Å². The molecule has 0 bridgehead atoms. The lowest BCUT2D eigenvalue weighted by Crippen LogP contribution is -2.28. The molecular formula is C14H23N3O2S. The van der Waals surface area contributed by atoms with E-state index in [0.717, 1.165) is 25.1 Å². The molecule has 1 aliphatic carbocycles. The summed E-state index contributed by atoms with van der Waals surface area (Å²) >= 11 is 0. The Morgan fingerprint density at radius 3 is 2.45 bits per heavy atom. The molecule has 20 heavy (non-hydrogen) atoms. The normalized spacial score (nSPS) is 16.9. The van der Waals surface area contributed by atoms with Crippen molar-refractivity contribution in [1.29, 1.82) is 0 Å². The molecule has 1 atom stereocenters. The van der Waals surface area contributed by atoms with Gasteiger partial charge in [-0.15, -0.1) is 0 Å². The van der Waals surface area contributed by atoms with Gasteiger partial charge in [-0.3, -0.25) is 0 Å². The molecule has 0 radical (unpaired) electrons. The molecule has 0 amide bonds. The van der Waals surface area contributed by atoms with Gasteiger partial charge in [0, 0.05) is 25.3 Å². The van der Waals surface area contributed by atoms with Gasteiger partial charge in [-0.05, 0) is 49.6 Å². The number of nitrogens with one attached hydrogen (secondary N) is 1. The van der Waals surface area contributed by atoms with Crippen LogP contribution in [-0.2, 0) is 10.0 Å². The van der Waals surface area contributed by atoms with E-state index < -0.39 is 10.0 Å². The summed E-state index contributed by atoms with van der Waals surface area (Å²) in [6.07, 6.45) is 1.88. The smallest absolute Gasteiger partial charge is 0.240 e. The lowest BCUT2D eigenvalue weighted by molar-refractivity contribution is 0.580. The number of hydrogen-bond donors (Lipinski definition) is 2. The standard InChI is InChI=1S/C14H23N3O2S/c1-11(9-15)10-17(2)13-5-7-14(8-6-13)20(18,19)16-12-3-4-12/h5-8,11-12,16H,3-4,9-10,15H2,1-2H3. The van der Waals surface area contributed by atoms with Crippen molar-refractivity contribution >= 4 is 15.7 Å². The molecule has 3 N–H and O–H groups in total. The topological polar surface area (TPSA) is 75.4 Å². The van der Waals surface area contributed by atoms with E-state index >= 15 is 0 Å². The fourth-order valence-electron chi connectivity index (χ4n) is 2.02. The van der Waals surface area contributed by atoms with E-state index in [2.05, 4.69) is 16.5 Å². The molecular weight excluding hydrogens is 274 g/mol. The van der Waals surface area contributed by atoms with Crippen LogP contribution in [0, 0.1) is 5.92 Å². The summed E-state index contributed by atoms with van der Waals surface area (Å²) in [5.74, 6) is 0.403. The van der Waals surface area contributed by atoms with Gasteiger partial charge in [0.1, 0.15) is 0 Å². The van der Waals surface area contributed by atoms with E-state index in [1.165, 1.54) is 0 Å². The van der Waals surface area contributed by atoms with Crippen LogP contribution < -0.4 is 15.4 Å². The average molecular weight is 297 g/mol. The molecule has 2 rings (SSSR count). The first-order valence-corrected chi connectivity index (χ1v) is 8.44. The molecule has 1 saturated carbocycles. The third kappa shape index (κ3) is 3.94. The first-order valence-electron chi connectivity index (χ1n) is 6.96. The third-order valence-corrected chi connectivity index (χ3v) is 5.01. The Morgan fingerprint density at radius 2 is 1.95 bits per heavy atom. The lowest BCUT2D eigenvalue weighted by Gasteiger charge is -2.22. The second-order valence-electron chi connectivity index (χ2n) is 5.61. The van der Waals surface area contributed by atoms with Crippen molar-refractivity contribution in [3.63, 3.8) is 0 Å². The van der Waals surface area contributed by atoms with Crippen LogP contribution in [-0.4, -0.2) is 34.6 Å². The van der Waals surface area contributed by atoms with Crippen LogP contribution in [0.25, 0.3) is 0 Å². The minimum Gasteiger partial charge on any atom is -0.374 e. The molecule has 1 aromatic carbocycles. The second kappa shape index (κ2) is 6.11. The van der Waals surface area contributed by atoms with Crippen molar-refractivity contribution in [2.45, 2.75) is 30.7 Å². The zero-order chi connectivity index (χ0) is 14.8. The maximum absolute atomic E-state index is 12.0. The minimum absolute atomic E-state index is 0.132. The van der Waals surface area contributed by atoms with E-state index in [0.29, 0.717) is 17.4 Å². The van der Waals surface area contributed by atoms with Crippen LogP contribution in [0.4, 0.5) is 5.69 Å². The fraction of sp³-hybridized carbons (Fsp3) is 0.571. The summed E-state index contributed by atoms with van der Waals surface area (Å²) in [4.78, 5) is 2.41. The van der Waals surface area contributed by atoms with Gasteiger partial charge in [-0.25, -0.2) is 13.1 Å². The Balaban J connectivity index is 2.05. The first-order chi connectivity index (χ1) is 9.42. The van der Waals surface area contributed by atoms with Gasteiger partial charge in [0.25, 0.3) is 0 Å². The highest BCUT2D eigenvalue weighted by atomic mass is 32.2. The molecule has 0 heterocycles. The largest absolute Gasteiger partial charge is 0.374 e. The number of rotatable bonds is 7. The van der Waals surface area contributed by atoms with Gasteiger partial charge >= 0.3 is 0 Å². The highest BCUT2D eigenvalue weighted by Gasteiger charge is 2.27. The van der Waals surface area contributed by atoms with E-state index in [1.807, 2.05) is 19.2 Å². The van der Waals surface area contributed by atoms with Crippen LogP contribution in [0.2, 0.25) is 0 Å². The molecule has 0 spiro atoms. The van der Waals surface area contributed by atoms with E-state index in [1.54, 1.807) is 12.1 Å². The molecule has 1 aliphatic rings. The molecule has 1 fully saturated rings. The molecule has 1 aromatic rings. The Kier molecular flexibility index (Phi) is 4.67. The second-order valence-corrected chi connectivity index (χ2v) is 7.32. The summed E-state index contributed by atoms with van der Waals surface area (Å²) < 4.78 is 26.8. The quantitative estimate of drug-likeness (QED) is 0.792. The van der Waals surface area contributed by atoms with Gasteiger partial charge in [0.2, 0.25) is 10.0 Å². The van der Waals surface area contributed by atoms with E-state index in [4.69, 9.17) is 5.73 Å². The molecule has 112 valence electrons. The molecule has 1 unspecified atom stereocenters. The predicted molar refractivity (Wildman–Crippen MR) is 81.3 cm³/mol. The summed E-state index contributed by atoms with van der Waals surface area (Å²) in [6, 6.07) is 7.12. The highest BCUT2D eigenvalue weighted by molar-refractivity contribution is 7.89. The predicted octanol–water partition coefficient (Wildman–Crippen LogP) is 1.16. The van der Waals surface area contributed by atoms with Gasteiger partial charge in [-0.2, -0.15) is 0 Å². The number of anilines is 1. The maximum atomic E-state index is 12.0. The number of hydrogen-bond acceptors (Lipinski definition) is 4. The fourth-order valence-corrected chi connectivity index (χ4v) is 3.32. The zero-order valence-corrected chi connectivity index (χ0v) is 12.9. The van der Waals surface area contributed by atoms with Crippen LogP contribution in [0.1, 0.15) is 19.8 Å². The highest BCUT2D eigenvalue weighted by Crippen LogP contribution is 2.23. The Morgan fingerprint density at radius 1 is 1.35 bits per heavy atom. The zero-order valence-electron chi connectivity index (χ0n) is 12.0. The van der Waals surface area contributed by atoms with Gasteiger partial charge in [-0.1, -0.05) is 6.92 Å². The summed E-state index contributed by atoms with van der Waals surface area (Å²) in [6.45, 7) is 3.58. The maximum Gasteiger partial charge on any atom is 0.240 e. The van der Waals surface area contributed by atoms with Crippen molar-refractivity contribution in [1.82, 2.24) is 4.72 Å². The Hall–Kier alpha value is -1.11. The van der Waals surface area contributed by atoms with Crippen molar-refractivity contribution in [3.05, 3.63) is 24.3 Å². The number of nitrogens with zero attached hydrogens (tertiary/aromatic N) is 1. The van der Waals surface area contributed by atoms with Crippen LogP contribution in [0.3, 0.4) is 0 Å². The van der Waals surface area contributed by atoms with Crippen molar-refractivity contribution in [2.24, 2.45) is 11.7 Å². The SMILES string of the molecule is CC(CN)CN(C)c1ccc(S(=O)(=O)NC2CC2)cc1. The van der Waals surface area contributed by atoms with Gasteiger partial charge < -0.3 is 10.6 Å². The molecule has 0 aliphatic heterocycles. The van der Waals surface area contributed by atoms with Crippen molar-refractivity contribution in [3.8, 4) is 0 Å². The van der Waals surface area contributed by atoms with Crippen molar-refractivity contribution in [2.75, 3.05) is 25.0 Å². The monoisotopic (exact) mass is 297 g/mol. The Bertz CT molecular complexity index is 538. The molecule has 6 heteroatoms. The molecule has 0 aromatic heterocycles. The van der Waals surface area contributed by atoms with E-state index in [9.17, 15) is 8.42 Å². The minimum atomic E-state index is -3.36. The Labute approximate surface area is 121 Å². The summed E-state index contributed by atoms with van der Waals surface area (Å²) in [7, 11) is -1.37. The van der Waals surface area contributed by atoms with Gasteiger partial charge in [0.15, 0.2) is 0 Å². The first kappa shape index (κ1) is 15.3.